The van der Waals surface area contributed by atoms with E-state index in [4.69, 9.17) is 0 Å². The SMILES string of the molecule is C=C([C@@H](O)C(C)(C)C)C1(O)CCCC1. The Hall–Kier alpha value is -0.340. The first kappa shape index (κ1) is 11.7. The molecule has 0 saturated heterocycles. The lowest BCUT2D eigenvalue weighted by molar-refractivity contribution is 0.0202. The highest BCUT2D eigenvalue weighted by molar-refractivity contribution is 5.20. The molecule has 0 heterocycles. The first-order chi connectivity index (χ1) is 6.27. The highest BCUT2D eigenvalue weighted by Crippen LogP contribution is 2.39. The van der Waals surface area contributed by atoms with Crippen molar-refractivity contribution in [1.82, 2.24) is 0 Å². The van der Waals surface area contributed by atoms with Gasteiger partial charge in [-0.3, -0.25) is 0 Å². The van der Waals surface area contributed by atoms with Crippen LogP contribution >= 0.6 is 0 Å². The quantitative estimate of drug-likeness (QED) is 0.668. The van der Waals surface area contributed by atoms with E-state index in [2.05, 4.69) is 6.58 Å². The molecule has 0 aromatic rings. The Labute approximate surface area is 86.6 Å². The molecule has 2 nitrogen and oxygen atoms in total. The molecule has 1 rings (SSSR count). The van der Waals surface area contributed by atoms with E-state index >= 15 is 0 Å². The molecule has 0 aliphatic heterocycles. The van der Waals surface area contributed by atoms with E-state index in [-0.39, 0.29) is 5.41 Å². The molecule has 82 valence electrons. The molecule has 1 fully saturated rings. The first-order valence-electron chi connectivity index (χ1n) is 5.37. The van der Waals surface area contributed by atoms with Gasteiger partial charge in [0.1, 0.15) is 0 Å². The van der Waals surface area contributed by atoms with E-state index in [1.54, 1.807) is 0 Å². The summed E-state index contributed by atoms with van der Waals surface area (Å²) in [4.78, 5) is 0. The van der Waals surface area contributed by atoms with Crippen molar-refractivity contribution in [1.29, 1.82) is 0 Å². The normalized spacial score (nSPS) is 23.5. The molecule has 1 atom stereocenters. The van der Waals surface area contributed by atoms with Crippen molar-refractivity contribution < 1.29 is 10.2 Å². The van der Waals surface area contributed by atoms with Crippen molar-refractivity contribution in [3.63, 3.8) is 0 Å². The highest BCUT2D eigenvalue weighted by Gasteiger charge is 2.40. The Bertz CT molecular complexity index is 219. The summed E-state index contributed by atoms with van der Waals surface area (Å²) in [7, 11) is 0. The predicted octanol–water partition coefficient (Wildman–Crippen LogP) is 2.25. The molecule has 0 bridgehead atoms. The molecule has 2 N–H and O–H groups in total. The Balaban J connectivity index is 2.74. The Morgan fingerprint density at radius 2 is 1.71 bits per heavy atom. The second-order valence-electron chi connectivity index (χ2n) is 5.53. The lowest BCUT2D eigenvalue weighted by Crippen LogP contribution is -2.39. The summed E-state index contributed by atoms with van der Waals surface area (Å²) in [6.45, 7) is 9.75. The molecule has 1 aliphatic carbocycles. The standard InChI is InChI=1S/C12H22O2/c1-9(10(13)11(2,3)4)12(14)7-5-6-8-12/h10,13-14H,1,5-8H2,2-4H3/t10-/m1/s1. The van der Waals surface area contributed by atoms with Crippen LogP contribution in [0.1, 0.15) is 46.5 Å². The van der Waals surface area contributed by atoms with Gasteiger partial charge in [0.15, 0.2) is 0 Å². The van der Waals surface area contributed by atoms with Crippen LogP contribution in [0, 0.1) is 5.41 Å². The van der Waals surface area contributed by atoms with Gasteiger partial charge in [-0.05, 0) is 23.8 Å². The molecule has 0 radical (unpaired) electrons. The molecule has 0 spiro atoms. The van der Waals surface area contributed by atoms with Crippen LogP contribution in [0.15, 0.2) is 12.2 Å². The number of hydrogen-bond donors (Lipinski definition) is 2. The summed E-state index contributed by atoms with van der Waals surface area (Å²) in [5, 5.41) is 20.3. The van der Waals surface area contributed by atoms with Crippen molar-refractivity contribution in [2.75, 3.05) is 0 Å². The zero-order valence-electron chi connectivity index (χ0n) is 9.51. The second kappa shape index (κ2) is 3.67. The zero-order valence-corrected chi connectivity index (χ0v) is 9.51. The maximum atomic E-state index is 10.2. The molecule has 14 heavy (non-hydrogen) atoms. The van der Waals surface area contributed by atoms with Gasteiger partial charge >= 0.3 is 0 Å². The lowest BCUT2D eigenvalue weighted by Gasteiger charge is -2.35. The van der Waals surface area contributed by atoms with Gasteiger partial charge in [-0.1, -0.05) is 40.2 Å². The average molecular weight is 198 g/mol. The van der Waals surface area contributed by atoms with Crippen LogP contribution in [-0.2, 0) is 0 Å². The van der Waals surface area contributed by atoms with Crippen LogP contribution < -0.4 is 0 Å². The van der Waals surface area contributed by atoms with E-state index in [9.17, 15) is 10.2 Å². The molecule has 0 aromatic carbocycles. The molecular weight excluding hydrogens is 176 g/mol. The first-order valence-corrected chi connectivity index (χ1v) is 5.37. The molecule has 0 amide bonds. The van der Waals surface area contributed by atoms with Gasteiger partial charge < -0.3 is 10.2 Å². The summed E-state index contributed by atoms with van der Waals surface area (Å²) in [5.74, 6) is 0. The van der Waals surface area contributed by atoms with Gasteiger partial charge in [0.05, 0.1) is 11.7 Å². The smallest absolute Gasteiger partial charge is 0.0879 e. The van der Waals surface area contributed by atoms with Gasteiger partial charge in [-0.2, -0.15) is 0 Å². The highest BCUT2D eigenvalue weighted by atomic mass is 16.3. The van der Waals surface area contributed by atoms with E-state index < -0.39 is 11.7 Å². The minimum atomic E-state index is -0.813. The minimum Gasteiger partial charge on any atom is -0.388 e. The van der Waals surface area contributed by atoms with E-state index in [1.807, 2.05) is 20.8 Å². The molecule has 1 aliphatic rings. The number of rotatable bonds is 2. The molecule has 1 saturated carbocycles. The largest absolute Gasteiger partial charge is 0.388 e. The van der Waals surface area contributed by atoms with Crippen LogP contribution in [0.5, 0.6) is 0 Å². The van der Waals surface area contributed by atoms with Crippen molar-refractivity contribution in [3.05, 3.63) is 12.2 Å². The maximum Gasteiger partial charge on any atom is 0.0879 e. The second-order valence-corrected chi connectivity index (χ2v) is 5.53. The van der Waals surface area contributed by atoms with Gasteiger partial charge in [0.25, 0.3) is 0 Å². The molecule has 0 unspecified atom stereocenters. The van der Waals surface area contributed by atoms with Gasteiger partial charge in [-0.15, -0.1) is 0 Å². The Kier molecular flexibility index (Phi) is 3.07. The summed E-state index contributed by atoms with van der Waals surface area (Å²) >= 11 is 0. The summed E-state index contributed by atoms with van der Waals surface area (Å²) in [5.41, 5.74) is -0.454. The fourth-order valence-corrected chi connectivity index (χ4v) is 2.06. The minimum absolute atomic E-state index is 0.241. The van der Waals surface area contributed by atoms with E-state index in [0.717, 1.165) is 25.7 Å². The average Bonchev–Trinajstić information content (AvgIpc) is 2.49. The summed E-state index contributed by atoms with van der Waals surface area (Å²) < 4.78 is 0. The number of aliphatic hydroxyl groups excluding tert-OH is 1. The number of aliphatic hydroxyl groups is 2. The molecule has 2 heteroatoms. The Morgan fingerprint density at radius 3 is 2.07 bits per heavy atom. The van der Waals surface area contributed by atoms with Crippen LogP contribution in [0.2, 0.25) is 0 Å². The van der Waals surface area contributed by atoms with Crippen molar-refractivity contribution in [3.8, 4) is 0 Å². The van der Waals surface area contributed by atoms with Crippen molar-refractivity contribution >= 4 is 0 Å². The van der Waals surface area contributed by atoms with Gasteiger partial charge in [0, 0.05) is 0 Å². The monoisotopic (exact) mass is 198 g/mol. The summed E-state index contributed by atoms with van der Waals surface area (Å²) in [6.07, 6.45) is 2.95. The van der Waals surface area contributed by atoms with Crippen LogP contribution in [0.4, 0.5) is 0 Å². The molecular formula is C12H22O2. The third-order valence-electron chi connectivity index (χ3n) is 3.18. The maximum absolute atomic E-state index is 10.2. The van der Waals surface area contributed by atoms with E-state index in [1.165, 1.54) is 0 Å². The fraction of sp³-hybridized carbons (Fsp3) is 0.833. The Morgan fingerprint density at radius 1 is 1.29 bits per heavy atom. The third-order valence-corrected chi connectivity index (χ3v) is 3.18. The van der Waals surface area contributed by atoms with E-state index in [0.29, 0.717) is 5.57 Å². The number of hydrogen-bond acceptors (Lipinski definition) is 2. The predicted molar refractivity (Wildman–Crippen MR) is 58.0 cm³/mol. The van der Waals surface area contributed by atoms with Gasteiger partial charge in [0.2, 0.25) is 0 Å². The van der Waals surface area contributed by atoms with Crippen LogP contribution in [0.25, 0.3) is 0 Å². The van der Waals surface area contributed by atoms with Crippen molar-refractivity contribution in [2.24, 2.45) is 5.41 Å². The van der Waals surface area contributed by atoms with Crippen LogP contribution in [-0.4, -0.2) is 21.9 Å². The fourth-order valence-electron chi connectivity index (χ4n) is 2.06. The third kappa shape index (κ3) is 2.18. The van der Waals surface area contributed by atoms with Crippen molar-refractivity contribution in [2.45, 2.75) is 58.2 Å². The lowest BCUT2D eigenvalue weighted by atomic mass is 9.78. The molecule has 0 aromatic heterocycles. The van der Waals surface area contributed by atoms with Crippen LogP contribution in [0.3, 0.4) is 0 Å². The van der Waals surface area contributed by atoms with Gasteiger partial charge in [-0.25, -0.2) is 0 Å². The summed E-state index contributed by atoms with van der Waals surface area (Å²) in [6, 6.07) is 0. The zero-order chi connectivity index (χ0) is 11.0. The topological polar surface area (TPSA) is 40.5 Å².